The summed E-state index contributed by atoms with van der Waals surface area (Å²) in [5.41, 5.74) is 2.10. The Morgan fingerprint density at radius 1 is 1.04 bits per heavy atom. The van der Waals surface area contributed by atoms with Gasteiger partial charge in [-0.3, -0.25) is 14.6 Å². The summed E-state index contributed by atoms with van der Waals surface area (Å²) in [6, 6.07) is 11.9. The van der Waals surface area contributed by atoms with Crippen LogP contribution in [0, 0.1) is 0 Å². The van der Waals surface area contributed by atoms with Crippen molar-refractivity contribution in [1.82, 2.24) is 15.3 Å². The second-order valence-electron chi connectivity index (χ2n) is 6.02. The Morgan fingerprint density at radius 2 is 1.77 bits per heavy atom. The molecule has 3 rings (SSSR count). The number of carbonyl (C=O) groups excluding carboxylic acids is 2. The SMILES string of the molecule is CC(C)NC(=O)c1ccc(Cl)cc1NC(=O)c1cnc2ccccc2n1. The van der Waals surface area contributed by atoms with Gasteiger partial charge >= 0.3 is 0 Å². The number of para-hydroxylation sites is 2. The van der Waals surface area contributed by atoms with Crippen molar-refractivity contribution < 1.29 is 9.59 Å². The number of hydrogen-bond donors (Lipinski definition) is 2. The number of carbonyl (C=O) groups is 2. The first-order valence-corrected chi connectivity index (χ1v) is 8.45. The van der Waals surface area contributed by atoms with Gasteiger partial charge in [-0.15, -0.1) is 0 Å². The minimum atomic E-state index is -0.468. The van der Waals surface area contributed by atoms with Gasteiger partial charge in [0.15, 0.2) is 0 Å². The molecule has 1 aromatic heterocycles. The number of hydrogen-bond acceptors (Lipinski definition) is 4. The number of amides is 2. The molecule has 6 nitrogen and oxygen atoms in total. The predicted molar refractivity (Wildman–Crippen MR) is 102 cm³/mol. The molecule has 0 spiro atoms. The van der Waals surface area contributed by atoms with E-state index in [0.717, 1.165) is 0 Å². The van der Waals surface area contributed by atoms with Gasteiger partial charge in [0.05, 0.1) is 28.5 Å². The molecule has 0 saturated heterocycles. The fourth-order valence-corrected chi connectivity index (χ4v) is 2.58. The van der Waals surface area contributed by atoms with Crippen LogP contribution in [0.15, 0.2) is 48.7 Å². The number of benzene rings is 2. The largest absolute Gasteiger partial charge is 0.350 e. The van der Waals surface area contributed by atoms with Gasteiger partial charge in [-0.2, -0.15) is 0 Å². The van der Waals surface area contributed by atoms with E-state index in [1.54, 1.807) is 18.2 Å². The van der Waals surface area contributed by atoms with Crippen LogP contribution in [0.3, 0.4) is 0 Å². The molecular formula is C19H17ClN4O2. The maximum absolute atomic E-state index is 12.6. The van der Waals surface area contributed by atoms with Gasteiger partial charge in [-0.25, -0.2) is 4.98 Å². The number of rotatable bonds is 4. The summed E-state index contributed by atoms with van der Waals surface area (Å²) >= 11 is 6.02. The van der Waals surface area contributed by atoms with Gasteiger partial charge in [0, 0.05) is 11.1 Å². The van der Waals surface area contributed by atoms with Gasteiger partial charge in [0.25, 0.3) is 11.8 Å². The fourth-order valence-electron chi connectivity index (χ4n) is 2.41. The van der Waals surface area contributed by atoms with Gasteiger partial charge in [0.2, 0.25) is 0 Å². The van der Waals surface area contributed by atoms with E-state index >= 15 is 0 Å². The van der Waals surface area contributed by atoms with Crippen molar-refractivity contribution in [1.29, 1.82) is 0 Å². The summed E-state index contributed by atoms with van der Waals surface area (Å²) in [5, 5.41) is 5.90. The van der Waals surface area contributed by atoms with Crippen LogP contribution in [0.1, 0.15) is 34.7 Å². The molecule has 0 aliphatic heterocycles. The summed E-state index contributed by atoms with van der Waals surface area (Å²) in [5.74, 6) is -0.763. The van der Waals surface area contributed by atoms with E-state index in [-0.39, 0.29) is 17.6 Å². The Labute approximate surface area is 155 Å². The number of anilines is 1. The van der Waals surface area contributed by atoms with Crippen LogP contribution >= 0.6 is 11.6 Å². The van der Waals surface area contributed by atoms with Crippen molar-refractivity contribution in [3.63, 3.8) is 0 Å². The Kier molecular flexibility index (Phi) is 5.14. The zero-order chi connectivity index (χ0) is 18.7. The van der Waals surface area contributed by atoms with E-state index in [2.05, 4.69) is 20.6 Å². The molecule has 0 unspecified atom stereocenters. The predicted octanol–water partition coefficient (Wildman–Crippen LogP) is 3.67. The quantitative estimate of drug-likeness (QED) is 0.735. The molecule has 0 radical (unpaired) electrons. The van der Waals surface area contributed by atoms with Crippen molar-refractivity contribution in [2.75, 3.05) is 5.32 Å². The molecule has 0 atom stereocenters. The van der Waals surface area contributed by atoms with Crippen LogP contribution in [0.2, 0.25) is 5.02 Å². The second-order valence-corrected chi connectivity index (χ2v) is 6.45. The van der Waals surface area contributed by atoms with Crippen LogP contribution < -0.4 is 10.6 Å². The van der Waals surface area contributed by atoms with Crippen LogP contribution in [-0.4, -0.2) is 27.8 Å². The first-order chi connectivity index (χ1) is 12.4. The molecule has 26 heavy (non-hydrogen) atoms. The number of halogens is 1. The Morgan fingerprint density at radius 3 is 2.50 bits per heavy atom. The molecule has 3 aromatic rings. The van der Waals surface area contributed by atoms with Crippen molar-refractivity contribution in [3.05, 3.63) is 64.9 Å². The smallest absolute Gasteiger partial charge is 0.275 e. The lowest BCUT2D eigenvalue weighted by Crippen LogP contribution is -2.31. The number of nitrogens with zero attached hydrogens (tertiary/aromatic N) is 2. The third-order valence-electron chi connectivity index (χ3n) is 3.58. The fraction of sp³-hybridized carbons (Fsp3) is 0.158. The molecule has 2 amide bonds. The van der Waals surface area contributed by atoms with Gasteiger partial charge in [-0.05, 0) is 44.2 Å². The monoisotopic (exact) mass is 368 g/mol. The van der Waals surface area contributed by atoms with Crippen molar-refractivity contribution in [2.24, 2.45) is 0 Å². The molecule has 0 bridgehead atoms. The minimum Gasteiger partial charge on any atom is -0.350 e. The summed E-state index contributed by atoms with van der Waals surface area (Å²) in [4.78, 5) is 33.5. The first-order valence-electron chi connectivity index (χ1n) is 8.07. The molecule has 0 saturated carbocycles. The molecule has 2 aromatic carbocycles. The van der Waals surface area contributed by atoms with Crippen molar-refractivity contribution >= 4 is 40.1 Å². The lowest BCUT2D eigenvalue weighted by Gasteiger charge is -2.13. The average Bonchev–Trinajstić information content (AvgIpc) is 2.60. The molecule has 2 N–H and O–H groups in total. The average molecular weight is 369 g/mol. The number of aromatic nitrogens is 2. The zero-order valence-electron chi connectivity index (χ0n) is 14.3. The van der Waals surface area contributed by atoms with Gasteiger partial charge in [-0.1, -0.05) is 23.7 Å². The van der Waals surface area contributed by atoms with Gasteiger partial charge in [0.1, 0.15) is 5.69 Å². The summed E-state index contributed by atoms with van der Waals surface area (Å²) in [6.45, 7) is 3.72. The summed E-state index contributed by atoms with van der Waals surface area (Å²) in [6.07, 6.45) is 1.40. The van der Waals surface area contributed by atoms with E-state index < -0.39 is 5.91 Å². The topological polar surface area (TPSA) is 84.0 Å². The highest BCUT2D eigenvalue weighted by atomic mass is 35.5. The van der Waals surface area contributed by atoms with Crippen LogP contribution in [0.4, 0.5) is 5.69 Å². The van der Waals surface area contributed by atoms with Crippen molar-refractivity contribution in [3.8, 4) is 0 Å². The van der Waals surface area contributed by atoms with E-state index in [1.807, 2.05) is 32.0 Å². The Hall–Kier alpha value is -2.99. The van der Waals surface area contributed by atoms with E-state index in [0.29, 0.717) is 27.3 Å². The Balaban J connectivity index is 1.90. The standard InChI is InChI=1S/C19H17ClN4O2/c1-11(2)22-18(25)13-8-7-12(20)9-16(13)24-19(26)17-10-21-14-5-3-4-6-15(14)23-17/h3-11H,1-2H3,(H,22,25)(H,24,26). The molecule has 7 heteroatoms. The van der Waals surface area contributed by atoms with Crippen LogP contribution in [0.5, 0.6) is 0 Å². The third kappa shape index (κ3) is 3.97. The van der Waals surface area contributed by atoms with E-state index in [9.17, 15) is 9.59 Å². The van der Waals surface area contributed by atoms with E-state index in [4.69, 9.17) is 11.6 Å². The lowest BCUT2D eigenvalue weighted by atomic mass is 10.1. The summed E-state index contributed by atoms with van der Waals surface area (Å²) in [7, 11) is 0. The molecule has 0 fully saturated rings. The van der Waals surface area contributed by atoms with Crippen molar-refractivity contribution in [2.45, 2.75) is 19.9 Å². The molecule has 0 aliphatic carbocycles. The maximum Gasteiger partial charge on any atom is 0.275 e. The zero-order valence-corrected chi connectivity index (χ0v) is 15.0. The normalized spacial score (nSPS) is 10.8. The first kappa shape index (κ1) is 17.8. The number of fused-ring (bicyclic) bond motifs is 1. The minimum absolute atomic E-state index is 0.0342. The highest BCUT2D eigenvalue weighted by Gasteiger charge is 2.17. The van der Waals surface area contributed by atoms with Gasteiger partial charge < -0.3 is 10.6 Å². The highest BCUT2D eigenvalue weighted by molar-refractivity contribution is 6.31. The van der Waals surface area contributed by atoms with Crippen LogP contribution in [-0.2, 0) is 0 Å². The lowest BCUT2D eigenvalue weighted by molar-refractivity contribution is 0.0944. The molecule has 0 aliphatic rings. The number of nitrogens with one attached hydrogen (secondary N) is 2. The van der Waals surface area contributed by atoms with Crippen LogP contribution in [0.25, 0.3) is 11.0 Å². The summed E-state index contributed by atoms with van der Waals surface area (Å²) < 4.78 is 0. The highest BCUT2D eigenvalue weighted by Crippen LogP contribution is 2.22. The maximum atomic E-state index is 12.6. The molecule has 132 valence electrons. The molecule has 1 heterocycles. The van der Waals surface area contributed by atoms with E-state index in [1.165, 1.54) is 12.3 Å². The second kappa shape index (κ2) is 7.49. The molecular weight excluding hydrogens is 352 g/mol. The third-order valence-corrected chi connectivity index (χ3v) is 3.81. The Bertz CT molecular complexity index is 988.